The minimum absolute atomic E-state index is 0.00560. The van der Waals surface area contributed by atoms with Crippen molar-refractivity contribution in [3.8, 4) is 6.07 Å². The van der Waals surface area contributed by atoms with Gasteiger partial charge in [-0.15, -0.1) is 0 Å². The summed E-state index contributed by atoms with van der Waals surface area (Å²) in [5.74, 6) is -0.729. The van der Waals surface area contributed by atoms with Gasteiger partial charge in [0.1, 0.15) is 17.3 Å². The SMILES string of the molecule is CN(C)C=Nc1c(Cl)ncc(F)c1C#N. The molecule has 0 unspecified atom stereocenters. The first kappa shape index (κ1) is 11.4. The molecule has 0 radical (unpaired) electrons. The Hall–Kier alpha value is -1.67. The Labute approximate surface area is 91.6 Å². The molecule has 1 rings (SSSR count). The van der Waals surface area contributed by atoms with E-state index in [1.165, 1.54) is 6.34 Å². The third-order valence-electron chi connectivity index (χ3n) is 1.49. The number of aliphatic imine (C=N–C) groups is 1. The van der Waals surface area contributed by atoms with Crippen LogP contribution in [0.25, 0.3) is 0 Å². The molecule has 0 saturated carbocycles. The monoisotopic (exact) mass is 226 g/mol. The maximum atomic E-state index is 13.1. The lowest BCUT2D eigenvalue weighted by atomic mass is 10.2. The molecule has 0 aliphatic rings. The molecule has 1 aromatic heterocycles. The Bertz CT molecular complexity index is 436. The van der Waals surface area contributed by atoms with E-state index >= 15 is 0 Å². The van der Waals surface area contributed by atoms with Gasteiger partial charge < -0.3 is 4.90 Å². The fraction of sp³-hybridized carbons (Fsp3) is 0.222. The van der Waals surface area contributed by atoms with Crippen LogP contribution in [0.1, 0.15) is 5.56 Å². The largest absolute Gasteiger partial charge is 0.369 e. The van der Waals surface area contributed by atoms with Crippen LogP contribution in [-0.2, 0) is 0 Å². The smallest absolute Gasteiger partial charge is 0.161 e. The van der Waals surface area contributed by atoms with E-state index in [4.69, 9.17) is 16.9 Å². The average Bonchev–Trinajstić information content (AvgIpc) is 2.19. The first-order valence-electron chi connectivity index (χ1n) is 4.01. The van der Waals surface area contributed by atoms with Gasteiger partial charge in [0.15, 0.2) is 11.0 Å². The summed E-state index contributed by atoms with van der Waals surface area (Å²) in [6.07, 6.45) is 2.32. The fourth-order valence-electron chi connectivity index (χ4n) is 0.853. The number of hydrogen-bond acceptors (Lipinski definition) is 3. The number of rotatable bonds is 2. The molecule has 0 aromatic carbocycles. The van der Waals surface area contributed by atoms with Gasteiger partial charge in [-0.05, 0) is 0 Å². The summed E-state index contributed by atoms with van der Waals surface area (Å²) in [6.45, 7) is 0. The first-order chi connectivity index (χ1) is 7.06. The molecule has 15 heavy (non-hydrogen) atoms. The van der Waals surface area contributed by atoms with E-state index in [0.717, 1.165) is 6.20 Å². The van der Waals surface area contributed by atoms with Crippen LogP contribution in [0.2, 0.25) is 5.15 Å². The van der Waals surface area contributed by atoms with Crippen LogP contribution in [0, 0.1) is 17.1 Å². The molecule has 0 aliphatic carbocycles. The Kier molecular flexibility index (Phi) is 3.58. The average molecular weight is 227 g/mol. The van der Waals surface area contributed by atoms with Crippen molar-refractivity contribution < 1.29 is 4.39 Å². The van der Waals surface area contributed by atoms with Crippen LogP contribution >= 0.6 is 11.6 Å². The summed E-state index contributed by atoms with van der Waals surface area (Å²) in [5, 5.41) is 8.73. The molecule has 0 saturated heterocycles. The molecule has 0 bridgehead atoms. The summed E-state index contributed by atoms with van der Waals surface area (Å²) in [7, 11) is 3.49. The zero-order valence-corrected chi connectivity index (χ0v) is 8.96. The molecule has 0 spiro atoms. The van der Waals surface area contributed by atoms with Crippen molar-refractivity contribution in [2.75, 3.05) is 14.1 Å². The summed E-state index contributed by atoms with van der Waals surface area (Å²) in [4.78, 5) is 9.09. The maximum absolute atomic E-state index is 13.1. The van der Waals surface area contributed by atoms with Gasteiger partial charge in [-0.1, -0.05) is 11.6 Å². The molecule has 6 heteroatoms. The second-order valence-corrected chi connectivity index (χ2v) is 3.30. The highest BCUT2D eigenvalue weighted by atomic mass is 35.5. The number of halogens is 2. The van der Waals surface area contributed by atoms with Gasteiger partial charge in [-0.3, -0.25) is 0 Å². The van der Waals surface area contributed by atoms with Crippen LogP contribution in [0.3, 0.4) is 0 Å². The van der Waals surface area contributed by atoms with Crippen LogP contribution in [0.5, 0.6) is 0 Å². The van der Waals surface area contributed by atoms with E-state index in [1.54, 1.807) is 25.1 Å². The molecule has 0 N–H and O–H groups in total. The lowest BCUT2D eigenvalue weighted by molar-refractivity contribution is 0.617. The number of pyridine rings is 1. The van der Waals surface area contributed by atoms with Crippen molar-refractivity contribution in [3.63, 3.8) is 0 Å². The Morgan fingerprint density at radius 1 is 1.67 bits per heavy atom. The van der Waals surface area contributed by atoms with Gasteiger partial charge in [-0.2, -0.15) is 5.26 Å². The van der Waals surface area contributed by atoms with Crippen LogP contribution in [0.4, 0.5) is 10.1 Å². The van der Waals surface area contributed by atoms with E-state index in [-0.39, 0.29) is 16.4 Å². The second-order valence-electron chi connectivity index (χ2n) is 2.94. The number of nitrogens with zero attached hydrogens (tertiary/aromatic N) is 4. The predicted molar refractivity (Wildman–Crippen MR) is 55.8 cm³/mol. The van der Waals surface area contributed by atoms with Gasteiger partial charge in [0.05, 0.1) is 12.5 Å². The van der Waals surface area contributed by atoms with Crippen LogP contribution in [-0.4, -0.2) is 30.3 Å². The third kappa shape index (κ3) is 2.64. The molecule has 4 nitrogen and oxygen atoms in total. The van der Waals surface area contributed by atoms with Gasteiger partial charge in [-0.25, -0.2) is 14.4 Å². The quantitative estimate of drug-likeness (QED) is 0.440. The molecule has 0 amide bonds. The van der Waals surface area contributed by atoms with Crippen molar-refractivity contribution in [3.05, 3.63) is 22.7 Å². The zero-order chi connectivity index (χ0) is 11.4. The number of aromatic nitrogens is 1. The molecule has 0 aliphatic heterocycles. The summed E-state index contributed by atoms with van der Waals surface area (Å²) >= 11 is 5.70. The highest BCUT2D eigenvalue weighted by Crippen LogP contribution is 2.27. The van der Waals surface area contributed by atoms with Gasteiger partial charge in [0.2, 0.25) is 0 Å². The van der Waals surface area contributed by atoms with E-state index in [9.17, 15) is 4.39 Å². The summed E-state index contributed by atoms with van der Waals surface area (Å²) < 4.78 is 13.1. The zero-order valence-electron chi connectivity index (χ0n) is 8.20. The molecular formula is C9H8ClFN4. The highest BCUT2D eigenvalue weighted by molar-refractivity contribution is 6.32. The molecule has 1 aromatic rings. The topological polar surface area (TPSA) is 52.3 Å². The number of hydrogen-bond donors (Lipinski definition) is 0. The number of nitriles is 1. The van der Waals surface area contributed by atoms with Gasteiger partial charge in [0, 0.05) is 14.1 Å². The molecule has 1 heterocycles. The lowest BCUT2D eigenvalue weighted by Crippen LogP contribution is -2.07. The fourth-order valence-corrected chi connectivity index (χ4v) is 1.04. The Balaban J connectivity index is 3.27. The molecular weight excluding hydrogens is 219 g/mol. The molecule has 78 valence electrons. The highest BCUT2D eigenvalue weighted by Gasteiger charge is 2.12. The normalized spacial score (nSPS) is 10.3. The Morgan fingerprint density at radius 3 is 2.87 bits per heavy atom. The van der Waals surface area contributed by atoms with Crippen LogP contribution < -0.4 is 0 Å². The third-order valence-corrected chi connectivity index (χ3v) is 1.77. The van der Waals surface area contributed by atoms with Crippen molar-refractivity contribution in [1.29, 1.82) is 5.26 Å². The van der Waals surface area contributed by atoms with Gasteiger partial charge >= 0.3 is 0 Å². The second kappa shape index (κ2) is 4.71. The van der Waals surface area contributed by atoms with Crippen molar-refractivity contribution in [1.82, 2.24) is 9.88 Å². The van der Waals surface area contributed by atoms with E-state index in [0.29, 0.717) is 0 Å². The van der Waals surface area contributed by atoms with E-state index in [1.807, 2.05) is 0 Å². The van der Waals surface area contributed by atoms with Crippen LogP contribution in [0.15, 0.2) is 11.2 Å². The van der Waals surface area contributed by atoms with Crippen molar-refractivity contribution >= 4 is 23.6 Å². The summed E-state index contributed by atoms with van der Waals surface area (Å²) in [5.41, 5.74) is -0.152. The minimum atomic E-state index is -0.729. The first-order valence-corrected chi connectivity index (χ1v) is 4.38. The summed E-state index contributed by atoms with van der Waals surface area (Å²) in [6, 6.07) is 1.70. The minimum Gasteiger partial charge on any atom is -0.369 e. The molecule has 0 fully saturated rings. The van der Waals surface area contributed by atoms with Crippen molar-refractivity contribution in [2.24, 2.45) is 4.99 Å². The predicted octanol–water partition coefficient (Wildman–Crippen LogP) is 1.97. The Morgan fingerprint density at radius 2 is 2.33 bits per heavy atom. The van der Waals surface area contributed by atoms with E-state index in [2.05, 4.69) is 9.98 Å². The van der Waals surface area contributed by atoms with Crippen molar-refractivity contribution in [2.45, 2.75) is 0 Å². The van der Waals surface area contributed by atoms with Gasteiger partial charge in [0.25, 0.3) is 0 Å². The lowest BCUT2D eigenvalue weighted by Gasteiger charge is -2.04. The standard InChI is InChI=1S/C9H8ClFN4/c1-15(2)5-14-8-6(3-12)7(11)4-13-9(8)10/h4-5H,1-2H3. The molecule has 0 atom stereocenters. The van der Waals surface area contributed by atoms with E-state index < -0.39 is 5.82 Å². The maximum Gasteiger partial charge on any atom is 0.161 e.